The lowest BCUT2D eigenvalue weighted by atomic mass is 9.95. The molecule has 3 amide bonds. The summed E-state index contributed by atoms with van der Waals surface area (Å²) in [5.41, 5.74) is 2.48. The molecule has 0 radical (unpaired) electrons. The molecular weight excluding hydrogens is 673 g/mol. The van der Waals surface area contributed by atoms with Crippen molar-refractivity contribution >= 4 is 28.2 Å². The van der Waals surface area contributed by atoms with Gasteiger partial charge in [-0.2, -0.15) is 4.31 Å². The zero-order valence-electron chi connectivity index (χ0n) is 29.7. The molecule has 51 heavy (non-hydrogen) atoms. The molecule has 1 aromatic heterocycles. The van der Waals surface area contributed by atoms with Crippen LogP contribution < -0.4 is 5.32 Å². The first kappa shape index (κ1) is 39.4. The molecule has 0 spiro atoms. The summed E-state index contributed by atoms with van der Waals surface area (Å²) in [5.74, 6) is -0.731. The minimum atomic E-state index is -4.07. The molecule has 0 aliphatic carbocycles. The molecule has 13 nitrogen and oxygen atoms in total. The number of benzene rings is 2. The number of pyridine rings is 1. The largest absolute Gasteiger partial charge is 0.411 e. The van der Waals surface area contributed by atoms with Crippen LogP contribution in [-0.2, 0) is 34.4 Å². The predicted octanol–water partition coefficient (Wildman–Crippen LogP) is 3.47. The number of carbonyl (C=O) groups is 2. The zero-order valence-corrected chi connectivity index (χ0v) is 30.5. The van der Waals surface area contributed by atoms with Crippen LogP contribution in [0.15, 0.2) is 82.8 Å². The molecule has 0 bridgehead atoms. The summed E-state index contributed by atoms with van der Waals surface area (Å²) in [6, 6.07) is 18.4. The van der Waals surface area contributed by atoms with Crippen LogP contribution in [0, 0.1) is 11.8 Å². The number of hydrogen-bond acceptors (Lipinski definition) is 9. The van der Waals surface area contributed by atoms with Crippen molar-refractivity contribution < 1.29 is 33.4 Å². The monoisotopic (exact) mass is 722 g/mol. The van der Waals surface area contributed by atoms with Crippen LogP contribution in [0.3, 0.4) is 0 Å². The maximum absolute atomic E-state index is 14.3. The van der Waals surface area contributed by atoms with Gasteiger partial charge >= 0.3 is 6.03 Å². The van der Waals surface area contributed by atoms with Crippen molar-refractivity contribution in [2.45, 2.75) is 76.8 Å². The van der Waals surface area contributed by atoms with Crippen molar-refractivity contribution in [1.29, 1.82) is 0 Å². The first-order chi connectivity index (χ1) is 24.4. The summed E-state index contributed by atoms with van der Waals surface area (Å²) in [4.78, 5) is 35.6. The SMILES string of the molecule is CC[C@H](C)[C@@H](C(=O)N[C@@H](Cc1ccccc1)[C@H](O)CN(CC(C)C)S(=O)(=O)c1ccc(/C=N/O)cc1)N1CCN(Cc2cccc(CO)n2)C1=O. The third kappa shape index (κ3) is 10.3. The van der Waals surface area contributed by atoms with E-state index >= 15 is 0 Å². The molecular formula is C37H50N6O7S. The van der Waals surface area contributed by atoms with Gasteiger partial charge in [0.2, 0.25) is 15.9 Å². The summed E-state index contributed by atoms with van der Waals surface area (Å²) in [6.45, 7) is 8.16. The highest BCUT2D eigenvalue weighted by Crippen LogP contribution is 2.24. The molecule has 1 saturated heterocycles. The number of carbonyl (C=O) groups excluding carboxylic acids is 2. The van der Waals surface area contributed by atoms with E-state index < -0.39 is 34.1 Å². The second-order valence-corrected chi connectivity index (χ2v) is 15.3. The molecule has 2 aromatic carbocycles. The number of nitrogens with one attached hydrogen (secondary N) is 1. The first-order valence-corrected chi connectivity index (χ1v) is 18.7. The van der Waals surface area contributed by atoms with Gasteiger partial charge in [0, 0.05) is 26.2 Å². The van der Waals surface area contributed by atoms with Crippen molar-refractivity contribution in [1.82, 2.24) is 24.4 Å². The Labute approximate surface area is 300 Å². The van der Waals surface area contributed by atoms with E-state index in [1.165, 1.54) is 34.8 Å². The minimum absolute atomic E-state index is 0.0151. The fraction of sp³-hybridized carbons (Fsp3) is 0.459. The lowest BCUT2D eigenvalue weighted by Gasteiger charge is -2.35. The third-order valence-corrected chi connectivity index (χ3v) is 10.9. The fourth-order valence-corrected chi connectivity index (χ4v) is 7.83. The van der Waals surface area contributed by atoms with Gasteiger partial charge in [0.25, 0.3) is 0 Å². The number of oxime groups is 1. The average Bonchev–Trinajstić information content (AvgIpc) is 3.46. The van der Waals surface area contributed by atoms with Crippen molar-refractivity contribution in [2.75, 3.05) is 26.2 Å². The van der Waals surface area contributed by atoms with Crippen LogP contribution in [0.1, 0.15) is 56.6 Å². The molecule has 276 valence electrons. The lowest BCUT2D eigenvalue weighted by Crippen LogP contribution is -2.57. The highest BCUT2D eigenvalue weighted by atomic mass is 32.2. The van der Waals surface area contributed by atoms with Crippen LogP contribution in [0.5, 0.6) is 0 Å². The number of sulfonamides is 1. The molecule has 2 heterocycles. The highest BCUT2D eigenvalue weighted by molar-refractivity contribution is 7.89. The molecule has 1 aliphatic rings. The Morgan fingerprint density at radius 3 is 2.31 bits per heavy atom. The zero-order chi connectivity index (χ0) is 37.1. The van der Waals surface area contributed by atoms with Gasteiger partial charge < -0.3 is 30.5 Å². The second-order valence-electron chi connectivity index (χ2n) is 13.4. The molecule has 1 fully saturated rings. The Balaban J connectivity index is 1.59. The second kappa shape index (κ2) is 18.2. The average molecular weight is 723 g/mol. The summed E-state index contributed by atoms with van der Waals surface area (Å²) in [6.07, 6.45) is 0.712. The number of aliphatic hydroxyl groups is 2. The van der Waals surface area contributed by atoms with Crippen molar-refractivity contribution in [3.63, 3.8) is 0 Å². The molecule has 14 heteroatoms. The van der Waals surface area contributed by atoms with E-state index in [1.54, 1.807) is 28.0 Å². The van der Waals surface area contributed by atoms with Gasteiger partial charge in [-0.1, -0.05) is 87.8 Å². The van der Waals surface area contributed by atoms with Crippen LogP contribution in [0.25, 0.3) is 0 Å². The number of nitrogens with zero attached hydrogens (tertiary/aromatic N) is 5. The maximum Gasteiger partial charge on any atom is 0.321 e. The number of rotatable bonds is 18. The Kier molecular flexibility index (Phi) is 14.1. The van der Waals surface area contributed by atoms with E-state index in [0.29, 0.717) is 36.5 Å². The van der Waals surface area contributed by atoms with E-state index in [-0.39, 0.29) is 55.4 Å². The van der Waals surface area contributed by atoms with Gasteiger partial charge in [0.1, 0.15) is 6.04 Å². The summed E-state index contributed by atoms with van der Waals surface area (Å²) in [5, 5.41) is 36.1. The molecule has 4 N–H and O–H groups in total. The van der Waals surface area contributed by atoms with Crippen molar-refractivity contribution in [3.8, 4) is 0 Å². The van der Waals surface area contributed by atoms with E-state index in [0.717, 1.165) is 5.56 Å². The normalized spacial score (nSPS) is 16.2. The molecule has 0 saturated carbocycles. The van der Waals surface area contributed by atoms with Crippen LogP contribution in [0.4, 0.5) is 4.79 Å². The van der Waals surface area contributed by atoms with Crippen LogP contribution in [0.2, 0.25) is 0 Å². The minimum Gasteiger partial charge on any atom is -0.411 e. The number of aliphatic hydroxyl groups excluding tert-OH is 2. The number of aromatic nitrogens is 1. The number of urea groups is 1. The molecule has 0 unspecified atom stereocenters. The number of hydrogen-bond donors (Lipinski definition) is 4. The van der Waals surface area contributed by atoms with E-state index in [9.17, 15) is 28.2 Å². The third-order valence-electron chi connectivity index (χ3n) is 9.07. The highest BCUT2D eigenvalue weighted by Gasteiger charge is 2.41. The quantitative estimate of drug-likeness (QED) is 0.0877. The van der Waals surface area contributed by atoms with E-state index in [1.807, 2.05) is 58.0 Å². The lowest BCUT2D eigenvalue weighted by molar-refractivity contribution is -0.128. The summed E-state index contributed by atoms with van der Waals surface area (Å²) in [7, 11) is -4.07. The van der Waals surface area contributed by atoms with Gasteiger partial charge in [-0.15, -0.1) is 0 Å². The van der Waals surface area contributed by atoms with Gasteiger partial charge in [-0.05, 0) is 53.6 Å². The van der Waals surface area contributed by atoms with Crippen LogP contribution in [-0.4, -0.2) is 105 Å². The van der Waals surface area contributed by atoms with E-state index in [4.69, 9.17) is 5.21 Å². The predicted molar refractivity (Wildman–Crippen MR) is 193 cm³/mol. The van der Waals surface area contributed by atoms with Crippen LogP contribution >= 0.6 is 0 Å². The molecule has 3 aromatic rings. The fourth-order valence-electron chi connectivity index (χ4n) is 6.21. The van der Waals surface area contributed by atoms with Gasteiger partial charge in [0.15, 0.2) is 0 Å². The van der Waals surface area contributed by atoms with Crippen molar-refractivity contribution in [2.24, 2.45) is 17.0 Å². The van der Waals surface area contributed by atoms with Gasteiger partial charge in [-0.25, -0.2) is 13.2 Å². The summed E-state index contributed by atoms with van der Waals surface area (Å²) < 4.78 is 29.0. The molecule has 1 aliphatic heterocycles. The smallest absolute Gasteiger partial charge is 0.321 e. The van der Waals surface area contributed by atoms with E-state index in [2.05, 4.69) is 15.5 Å². The Hall–Kier alpha value is -4.37. The Morgan fingerprint density at radius 1 is 1.00 bits per heavy atom. The Bertz CT molecular complexity index is 1720. The topological polar surface area (TPSA) is 176 Å². The van der Waals surface area contributed by atoms with Gasteiger partial charge in [0.05, 0.1) is 47.8 Å². The standard InChI is InChI=1S/C37H50N6O7S/c1-5-27(4)35(43-19-18-41(37(43)47)23-30-12-9-13-31(25-44)39-30)36(46)40-33(20-28-10-7-6-8-11-28)34(45)24-42(22-26(2)3)51(49,50)32-16-14-29(15-17-32)21-38-48/h6-17,21,26-27,33-35,44-45,48H,5,18-20,22-25H2,1-4H3,(H,40,46)/b38-21+/t27-,33-,34+,35-/m0/s1. The van der Waals surface area contributed by atoms with Gasteiger partial charge in [-0.3, -0.25) is 9.78 Å². The van der Waals surface area contributed by atoms with Crippen molar-refractivity contribution in [3.05, 3.63) is 95.3 Å². The molecule has 4 rings (SSSR count). The number of amides is 3. The summed E-state index contributed by atoms with van der Waals surface area (Å²) >= 11 is 0. The molecule has 4 atom stereocenters. The maximum atomic E-state index is 14.3. The Morgan fingerprint density at radius 2 is 1.69 bits per heavy atom. The first-order valence-electron chi connectivity index (χ1n) is 17.3.